The second kappa shape index (κ2) is 8.06. The standard InChI is InChI=1S/C18H25N5O4S/c1-5-10(2)28-16-13-15(21(3)18(25)22(4)17(13)24)19-14(20-16)11-6-8-12(9-7-11)23(26)27/h6-10,13-16,19-20H,5H2,1-4H3. The highest BCUT2D eigenvalue weighted by atomic mass is 32.2. The normalized spacial score (nSPS) is 28.9. The number of nitro groups is 1. The molecule has 10 heteroatoms. The van der Waals surface area contributed by atoms with Crippen molar-refractivity contribution in [3.8, 4) is 0 Å². The minimum Gasteiger partial charge on any atom is -0.311 e. The summed E-state index contributed by atoms with van der Waals surface area (Å²) in [6.45, 7) is 4.20. The van der Waals surface area contributed by atoms with Crippen LogP contribution in [0.5, 0.6) is 0 Å². The van der Waals surface area contributed by atoms with Gasteiger partial charge in [-0.05, 0) is 24.1 Å². The quantitative estimate of drug-likeness (QED) is 0.568. The summed E-state index contributed by atoms with van der Waals surface area (Å²) in [5, 5.41) is 17.8. The number of carbonyl (C=O) groups excluding carboxylic acids is 2. The lowest BCUT2D eigenvalue weighted by Gasteiger charge is -2.50. The highest BCUT2D eigenvalue weighted by Crippen LogP contribution is 2.36. The van der Waals surface area contributed by atoms with Gasteiger partial charge in [-0.25, -0.2) is 4.79 Å². The van der Waals surface area contributed by atoms with Crippen molar-refractivity contribution in [2.24, 2.45) is 5.92 Å². The van der Waals surface area contributed by atoms with Crippen LogP contribution in [-0.4, -0.2) is 57.5 Å². The van der Waals surface area contributed by atoms with E-state index in [1.807, 2.05) is 0 Å². The van der Waals surface area contributed by atoms with Gasteiger partial charge in [0.1, 0.15) is 0 Å². The van der Waals surface area contributed by atoms with E-state index < -0.39 is 17.0 Å². The van der Waals surface area contributed by atoms with Crippen molar-refractivity contribution in [1.82, 2.24) is 20.4 Å². The number of carbonyl (C=O) groups is 2. The lowest BCUT2D eigenvalue weighted by molar-refractivity contribution is -0.384. The summed E-state index contributed by atoms with van der Waals surface area (Å²) in [6, 6.07) is 5.93. The minimum absolute atomic E-state index is 0.0183. The van der Waals surface area contributed by atoms with Crippen LogP contribution in [0.1, 0.15) is 32.0 Å². The van der Waals surface area contributed by atoms with Crippen LogP contribution in [-0.2, 0) is 4.79 Å². The molecule has 1 aromatic rings. The van der Waals surface area contributed by atoms with Crippen LogP contribution in [0, 0.1) is 16.0 Å². The fourth-order valence-corrected chi connectivity index (χ4v) is 4.84. The van der Waals surface area contributed by atoms with Crippen molar-refractivity contribution in [2.75, 3.05) is 14.1 Å². The molecule has 1 aromatic carbocycles. The third-order valence-corrected chi connectivity index (χ3v) is 6.87. The molecule has 5 unspecified atom stereocenters. The first-order valence-electron chi connectivity index (χ1n) is 9.20. The first-order valence-corrected chi connectivity index (χ1v) is 10.1. The predicted molar refractivity (Wildman–Crippen MR) is 106 cm³/mol. The zero-order valence-electron chi connectivity index (χ0n) is 16.3. The summed E-state index contributed by atoms with van der Waals surface area (Å²) >= 11 is 1.68. The van der Waals surface area contributed by atoms with E-state index in [9.17, 15) is 19.7 Å². The molecule has 9 nitrogen and oxygen atoms in total. The van der Waals surface area contributed by atoms with Gasteiger partial charge in [0.05, 0.1) is 28.5 Å². The molecule has 0 bridgehead atoms. The third-order valence-electron chi connectivity index (χ3n) is 5.35. The number of urea groups is 1. The number of nitrogens with zero attached hydrogens (tertiary/aromatic N) is 3. The van der Waals surface area contributed by atoms with Crippen LogP contribution in [0.25, 0.3) is 0 Å². The number of imide groups is 1. The molecule has 0 aliphatic carbocycles. The van der Waals surface area contributed by atoms with E-state index in [-0.39, 0.29) is 29.2 Å². The average molecular weight is 407 g/mol. The van der Waals surface area contributed by atoms with Crippen molar-refractivity contribution in [1.29, 1.82) is 0 Å². The van der Waals surface area contributed by atoms with Crippen LogP contribution in [0.4, 0.5) is 10.5 Å². The molecule has 0 saturated carbocycles. The van der Waals surface area contributed by atoms with E-state index in [2.05, 4.69) is 24.5 Å². The Morgan fingerprint density at radius 3 is 2.43 bits per heavy atom. The molecule has 3 amide bonds. The highest BCUT2D eigenvalue weighted by molar-refractivity contribution is 8.00. The zero-order chi connectivity index (χ0) is 20.6. The fraction of sp³-hybridized carbons (Fsp3) is 0.556. The fourth-order valence-electron chi connectivity index (χ4n) is 3.50. The number of hydrogen-bond acceptors (Lipinski definition) is 7. The number of nitrogens with one attached hydrogen (secondary N) is 2. The molecular formula is C18H25N5O4S. The van der Waals surface area contributed by atoms with Gasteiger partial charge in [-0.1, -0.05) is 13.8 Å². The lowest BCUT2D eigenvalue weighted by atomic mass is 9.96. The summed E-state index contributed by atoms with van der Waals surface area (Å²) in [5.41, 5.74) is 0.829. The third kappa shape index (κ3) is 3.71. The SMILES string of the molecule is CCC(C)SC1NC(c2ccc([N+](=O)[O-])cc2)NC2C1C(=O)N(C)C(=O)N2C. The Balaban J connectivity index is 1.92. The Labute approximate surface area is 168 Å². The maximum absolute atomic E-state index is 12.9. The van der Waals surface area contributed by atoms with Crippen molar-refractivity contribution < 1.29 is 14.5 Å². The highest BCUT2D eigenvalue weighted by Gasteiger charge is 2.51. The molecule has 2 aliphatic heterocycles. The van der Waals surface area contributed by atoms with Gasteiger partial charge in [-0.3, -0.25) is 30.4 Å². The monoisotopic (exact) mass is 407 g/mol. The van der Waals surface area contributed by atoms with Crippen LogP contribution >= 0.6 is 11.8 Å². The lowest BCUT2D eigenvalue weighted by Crippen LogP contribution is -2.72. The molecule has 5 atom stereocenters. The Morgan fingerprint density at radius 1 is 1.21 bits per heavy atom. The van der Waals surface area contributed by atoms with Gasteiger partial charge < -0.3 is 4.90 Å². The molecule has 152 valence electrons. The van der Waals surface area contributed by atoms with E-state index in [1.165, 1.54) is 24.1 Å². The molecule has 2 saturated heterocycles. The molecular weight excluding hydrogens is 382 g/mol. The first-order chi connectivity index (χ1) is 13.2. The largest absolute Gasteiger partial charge is 0.327 e. The predicted octanol–water partition coefficient (Wildman–Crippen LogP) is 2.11. The van der Waals surface area contributed by atoms with Gasteiger partial charge in [0.15, 0.2) is 0 Å². The van der Waals surface area contributed by atoms with E-state index in [0.29, 0.717) is 5.25 Å². The number of non-ortho nitro benzene ring substituents is 1. The van der Waals surface area contributed by atoms with Crippen molar-refractivity contribution in [3.63, 3.8) is 0 Å². The second-order valence-corrected chi connectivity index (χ2v) is 8.74. The molecule has 0 spiro atoms. The first kappa shape index (κ1) is 20.6. The Kier molecular flexibility index (Phi) is 5.92. The molecule has 0 aromatic heterocycles. The zero-order valence-corrected chi connectivity index (χ0v) is 17.1. The van der Waals surface area contributed by atoms with Gasteiger partial charge in [-0.15, -0.1) is 11.8 Å². The molecule has 3 rings (SSSR count). The summed E-state index contributed by atoms with van der Waals surface area (Å²) < 4.78 is 0. The van der Waals surface area contributed by atoms with Gasteiger partial charge in [0, 0.05) is 31.5 Å². The maximum Gasteiger partial charge on any atom is 0.327 e. The molecule has 2 fully saturated rings. The molecule has 2 aliphatic rings. The van der Waals surface area contributed by atoms with E-state index in [1.54, 1.807) is 35.8 Å². The van der Waals surface area contributed by atoms with Crippen LogP contribution < -0.4 is 10.6 Å². The van der Waals surface area contributed by atoms with Crippen molar-refractivity contribution in [3.05, 3.63) is 39.9 Å². The van der Waals surface area contributed by atoms with Crippen LogP contribution in [0.3, 0.4) is 0 Å². The summed E-state index contributed by atoms with van der Waals surface area (Å²) in [7, 11) is 3.18. The molecule has 2 N–H and O–H groups in total. The van der Waals surface area contributed by atoms with E-state index in [4.69, 9.17) is 0 Å². The smallest absolute Gasteiger partial charge is 0.311 e. The molecule has 28 heavy (non-hydrogen) atoms. The van der Waals surface area contributed by atoms with Gasteiger partial charge >= 0.3 is 6.03 Å². The topological polar surface area (TPSA) is 108 Å². The van der Waals surface area contributed by atoms with Crippen LogP contribution in [0.15, 0.2) is 24.3 Å². The minimum atomic E-state index is -0.459. The molecule has 2 heterocycles. The van der Waals surface area contributed by atoms with E-state index >= 15 is 0 Å². The van der Waals surface area contributed by atoms with Gasteiger partial charge in [-0.2, -0.15) is 0 Å². The summed E-state index contributed by atoms with van der Waals surface area (Å²) in [5.74, 6) is -0.642. The van der Waals surface area contributed by atoms with Gasteiger partial charge in [0.25, 0.3) is 5.69 Å². The second-order valence-electron chi connectivity index (χ2n) is 7.15. The summed E-state index contributed by atoms with van der Waals surface area (Å²) in [4.78, 5) is 38.5. The van der Waals surface area contributed by atoms with Crippen LogP contribution in [0.2, 0.25) is 0 Å². The Morgan fingerprint density at radius 2 is 1.86 bits per heavy atom. The maximum atomic E-state index is 12.9. The summed E-state index contributed by atoms with van der Waals surface area (Å²) in [6.07, 6.45) is 0.156. The van der Waals surface area contributed by atoms with Gasteiger partial charge in [0.2, 0.25) is 5.91 Å². The van der Waals surface area contributed by atoms with Crippen molar-refractivity contribution in [2.45, 2.75) is 43.2 Å². The van der Waals surface area contributed by atoms with E-state index in [0.717, 1.165) is 12.0 Å². The number of nitro benzene ring substituents is 1. The average Bonchev–Trinajstić information content (AvgIpc) is 2.70. The van der Waals surface area contributed by atoms with Crippen molar-refractivity contribution >= 4 is 29.4 Å². The number of rotatable bonds is 5. The number of amides is 3. The number of benzene rings is 1. The number of hydrogen-bond donors (Lipinski definition) is 2. The number of thioether (sulfide) groups is 1. The Bertz CT molecular complexity index is 774. The molecule has 0 radical (unpaired) electrons. The Hall–Kier alpha value is -2.17. The number of fused-ring (bicyclic) bond motifs is 1.